The first-order chi connectivity index (χ1) is 16.0. The number of imide groups is 1. The van der Waals surface area contributed by atoms with Crippen molar-refractivity contribution in [1.82, 2.24) is 25.2 Å². The van der Waals surface area contributed by atoms with Gasteiger partial charge < -0.3 is 10.4 Å². The Labute approximate surface area is 197 Å². The van der Waals surface area contributed by atoms with Gasteiger partial charge in [-0.3, -0.25) is 15.0 Å². The van der Waals surface area contributed by atoms with Crippen molar-refractivity contribution in [3.05, 3.63) is 70.2 Å². The van der Waals surface area contributed by atoms with E-state index in [9.17, 15) is 19.1 Å². The number of halogens is 2. The highest BCUT2D eigenvalue weighted by Crippen LogP contribution is 2.42. The zero-order valence-corrected chi connectivity index (χ0v) is 19.4. The van der Waals surface area contributed by atoms with E-state index in [-0.39, 0.29) is 15.8 Å². The highest BCUT2D eigenvalue weighted by Gasteiger charge is 2.58. The molecule has 2 atom stereocenters. The fraction of sp³-hybridized carbons (Fsp3) is 0.318. The number of urea groups is 1. The van der Waals surface area contributed by atoms with E-state index in [0.717, 1.165) is 16.2 Å². The average Bonchev–Trinajstić information content (AvgIpc) is 3.38. The fourth-order valence-corrected chi connectivity index (χ4v) is 4.94. The Balaban J connectivity index is 1.85. The molecule has 1 aliphatic heterocycles. The lowest BCUT2D eigenvalue weighted by Crippen LogP contribution is -2.61. The van der Waals surface area contributed by atoms with Crippen LogP contribution in [-0.4, -0.2) is 49.1 Å². The Kier molecular flexibility index (Phi) is 5.82. The quantitative estimate of drug-likeness (QED) is 0.438. The Hall–Kier alpha value is -3.51. The molecule has 3 N–H and O–H groups in total. The van der Waals surface area contributed by atoms with Crippen LogP contribution in [0.5, 0.6) is 0 Å². The van der Waals surface area contributed by atoms with Crippen LogP contribution in [0.15, 0.2) is 48.9 Å². The van der Waals surface area contributed by atoms with Gasteiger partial charge in [0.05, 0.1) is 4.88 Å². The van der Waals surface area contributed by atoms with Crippen LogP contribution < -0.4 is 10.6 Å². The number of anilines is 1. The number of benzene rings is 1. The molecule has 2 unspecified atom stereocenters. The van der Waals surface area contributed by atoms with E-state index in [1.807, 2.05) is 0 Å². The Bertz CT molecular complexity index is 1220. The van der Waals surface area contributed by atoms with Gasteiger partial charge in [-0.05, 0) is 44.5 Å². The van der Waals surface area contributed by atoms with Gasteiger partial charge in [0.1, 0.15) is 28.6 Å². The highest BCUT2D eigenvalue weighted by atomic mass is 32.1. The Morgan fingerprint density at radius 3 is 2.38 bits per heavy atom. The number of carbonyl (C=O) groups excluding carboxylic acids is 2. The van der Waals surface area contributed by atoms with Crippen LogP contribution in [0.2, 0.25) is 0 Å². The molecule has 0 radical (unpaired) electrons. The normalized spacial score (nSPS) is 18.8. The van der Waals surface area contributed by atoms with E-state index in [1.165, 1.54) is 63.6 Å². The Morgan fingerprint density at radius 1 is 1.18 bits per heavy atom. The number of carbonyl (C=O) groups is 2. The maximum Gasteiger partial charge on any atom is 0.327 e. The van der Waals surface area contributed by atoms with E-state index < -0.39 is 41.2 Å². The van der Waals surface area contributed by atoms with Crippen molar-refractivity contribution in [2.75, 3.05) is 12.0 Å². The van der Waals surface area contributed by atoms with Crippen LogP contribution in [0.1, 0.15) is 36.2 Å². The molecular formula is C22H22F2N6O3S. The maximum absolute atomic E-state index is 15.1. The summed E-state index contributed by atoms with van der Waals surface area (Å²) in [5.74, 6) is -1.05. The van der Waals surface area contributed by atoms with Crippen molar-refractivity contribution < 1.29 is 23.5 Å². The second-order valence-electron chi connectivity index (χ2n) is 8.45. The van der Waals surface area contributed by atoms with Crippen molar-refractivity contribution in [3.8, 4) is 0 Å². The minimum absolute atomic E-state index is 0.0170. The first-order valence-corrected chi connectivity index (χ1v) is 11.1. The molecule has 0 bridgehead atoms. The van der Waals surface area contributed by atoms with Crippen LogP contribution in [-0.2, 0) is 16.1 Å². The summed E-state index contributed by atoms with van der Waals surface area (Å²) in [6, 6.07) is 6.02. The van der Waals surface area contributed by atoms with Gasteiger partial charge in [-0.15, -0.1) is 11.3 Å². The summed E-state index contributed by atoms with van der Waals surface area (Å²) in [5, 5.41) is 16.5. The molecule has 178 valence electrons. The predicted molar refractivity (Wildman–Crippen MR) is 120 cm³/mol. The van der Waals surface area contributed by atoms with Gasteiger partial charge in [0.25, 0.3) is 5.91 Å². The van der Waals surface area contributed by atoms with E-state index in [2.05, 4.69) is 25.6 Å². The van der Waals surface area contributed by atoms with Crippen LogP contribution in [0.3, 0.4) is 0 Å². The molecule has 1 saturated heterocycles. The summed E-state index contributed by atoms with van der Waals surface area (Å²) in [4.78, 5) is 39.1. The number of rotatable bonds is 7. The lowest BCUT2D eigenvalue weighted by molar-refractivity contribution is -0.127. The van der Waals surface area contributed by atoms with Gasteiger partial charge >= 0.3 is 6.03 Å². The molecule has 0 saturated carbocycles. The largest absolute Gasteiger partial charge is 0.378 e. The molecule has 2 aromatic heterocycles. The molecule has 4 rings (SSSR count). The number of aromatic nitrogens is 3. The van der Waals surface area contributed by atoms with E-state index in [1.54, 1.807) is 6.07 Å². The molecule has 9 nitrogen and oxygen atoms in total. The number of thiazole rings is 1. The molecule has 3 heterocycles. The SMILES string of the molecule is CC(O)(c1ccc(F)cc1)c1ncc(C(CF)(Nc2ncccn2)N2C(=O)NC(=O)C2(C)C)s1. The summed E-state index contributed by atoms with van der Waals surface area (Å²) in [5.41, 5.74) is -4.63. The molecule has 3 amide bonds. The second kappa shape index (κ2) is 8.37. The minimum atomic E-state index is -1.92. The molecular weight excluding hydrogens is 466 g/mol. The van der Waals surface area contributed by atoms with Gasteiger partial charge in [-0.2, -0.15) is 0 Å². The molecule has 12 heteroatoms. The van der Waals surface area contributed by atoms with Crippen molar-refractivity contribution in [2.24, 2.45) is 0 Å². The standard InChI is InChI=1S/C22H22F2N6O3S/c1-20(2)16(31)28-19(32)30(20)22(12-23,29-18-25-9-4-10-26-18)15-11-27-17(34-15)21(3,33)13-5-7-14(24)8-6-13/h4-11,33H,12H2,1-3H3,(H,25,26,29)(H,28,31,32). The highest BCUT2D eigenvalue weighted by molar-refractivity contribution is 7.12. The number of alkyl halides is 1. The first-order valence-electron chi connectivity index (χ1n) is 10.2. The van der Waals surface area contributed by atoms with E-state index in [0.29, 0.717) is 5.56 Å². The number of nitrogens with zero attached hydrogens (tertiary/aromatic N) is 4. The van der Waals surface area contributed by atoms with Crippen molar-refractivity contribution in [3.63, 3.8) is 0 Å². The number of nitrogens with one attached hydrogen (secondary N) is 2. The summed E-state index contributed by atoms with van der Waals surface area (Å²) >= 11 is 0.935. The third-order valence-corrected chi connectivity index (χ3v) is 7.09. The zero-order valence-electron chi connectivity index (χ0n) is 18.5. The van der Waals surface area contributed by atoms with Crippen LogP contribution in [0.4, 0.5) is 19.5 Å². The summed E-state index contributed by atoms with van der Waals surface area (Å²) in [7, 11) is 0. The molecule has 1 aliphatic rings. The average molecular weight is 489 g/mol. The third kappa shape index (κ3) is 3.78. The number of hydrogen-bond donors (Lipinski definition) is 3. The van der Waals surface area contributed by atoms with Crippen LogP contribution in [0, 0.1) is 5.82 Å². The van der Waals surface area contributed by atoms with Crippen LogP contribution in [0.25, 0.3) is 0 Å². The van der Waals surface area contributed by atoms with Crippen molar-refractivity contribution in [1.29, 1.82) is 0 Å². The first kappa shape index (κ1) is 23.6. The smallest absolute Gasteiger partial charge is 0.327 e. The number of amides is 3. The van der Waals surface area contributed by atoms with E-state index >= 15 is 4.39 Å². The minimum Gasteiger partial charge on any atom is -0.378 e. The lowest BCUT2D eigenvalue weighted by Gasteiger charge is -2.44. The summed E-state index contributed by atoms with van der Waals surface area (Å²) in [6.07, 6.45) is 4.20. The third-order valence-electron chi connectivity index (χ3n) is 5.73. The van der Waals surface area contributed by atoms with Crippen LogP contribution >= 0.6 is 11.3 Å². The van der Waals surface area contributed by atoms with Crippen molar-refractivity contribution >= 4 is 29.2 Å². The number of hydrogen-bond acceptors (Lipinski definition) is 8. The molecule has 34 heavy (non-hydrogen) atoms. The van der Waals surface area contributed by atoms with Gasteiger partial charge in [0.15, 0.2) is 5.66 Å². The number of aliphatic hydroxyl groups is 1. The van der Waals surface area contributed by atoms with Gasteiger partial charge in [0.2, 0.25) is 5.95 Å². The lowest BCUT2D eigenvalue weighted by atomic mass is 9.97. The predicted octanol–water partition coefficient (Wildman–Crippen LogP) is 2.89. The maximum atomic E-state index is 15.1. The van der Waals surface area contributed by atoms with Gasteiger partial charge in [0, 0.05) is 18.6 Å². The zero-order chi connectivity index (χ0) is 24.7. The molecule has 0 spiro atoms. The summed E-state index contributed by atoms with van der Waals surface area (Å²) in [6.45, 7) is 3.28. The van der Waals surface area contributed by atoms with Gasteiger partial charge in [-0.1, -0.05) is 12.1 Å². The van der Waals surface area contributed by atoms with E-state index in [4.69, 9.17) is 0 Å². The molecule has 3 aromatic rings. The Morgan fingerprint density at radius 2 is 1.82 bits per heavy atom. The van der Waals surface area contributed by atoms with Crippen molar-refractivity contribution in [2.45, 2.75) is 37.6 Å². The molecule has 1 fully saturated rings. The monoisotopic (exact) mass is 488 g/mol. The topological polar surface area (TPSA) is 120 Å². The second-order valence-corrected chi connectivity index (χ2v) is 9.48. The fourth-order valence-electron chi connectivity index (χ4n) is 3.84. The molecule has 0 aliphatic carbocycles. The molecule has 1 aromatic carbocycles. The summed E-state index contributed by atoms with van der Waals surface area (Å²) < 4.78 is 28.5. The van der Waals surface area contributed by atoms with Gasteiger partial charge in [-0.25, -0.2) is 28.5 Å².